The van der Waals surface area contributed by atoms with Crippen LogP contribution in [0.25, 0.3) is 0 Å². The van der Waals surface area contributed by atoms with Gasteiger partial charge in [0.15, 0.2) is 0 Å². The Morgan fingerprint density at radius 3 is 2.82 bits per heavy atom. The lowest BCUT2D eigenvalue weighted by atomic mass is 10.1. The highest BCUT2D eigenvalue weighted by Crippen LogP contribution is 2.36. The van der Waals surface area contributed by atoms with E-state index in [1.54, 1.807) is 24.0 Å². The van der Waals surface area contributed by atoms with Crippen molar-refractivity contribution in [3.63, 3.8) is 0 Å². The van der Waals surface area contributed by atoms with Gasteiger partial charge in [0.1, 0.15) is 11.4 Å². The zero-order chi connectivity index (χ0) is 12.6. The number of rotatable bonds is 2. The van der Waals surface area contributed by atoms with E-state index < -0.39 is 10.5 Å². The molecule has 17 heavy (non-hydrogen) atoms. The average Bonchev–Trinajstić information content (AvgIpc) is 2.57. The predicted octanol–water partition coefficient (Wildman–Crippen LogP) is 1.14. The first-order valence-electron chi connectivity index (χ1n) is 5.41. The fourth-order valence-electron chi connectivity index (χ4n) is 2.15. The largest absolute Gasteiger partial charge is 0.393 e. The SMILES string of the molecule is CC1(O)CCN(c2cccc(N)c2[N+](=O)[O-])C1. The minimum absolute atomic E-state index is 0.0785. The van der Waals surface area contributed by atoms with Crippen LogP contribution in [0.15, 0.2) is 18.2 Å². The summed E-state index contributed by atoms with van der Waals surface area (Å²) in [5, 5.41) is 20.9. The topological polar surface area (TPSA) is 92.6 Å². The van der Waals surface area contributed by atoms with E-state index in [0.29, 0.717) is 25.2 Å². The quantitative estimate of drug-likeness (QED) is 0.457. The van der Waals surface area contributed by atoms with E-state index in [1.807, 2.05) is 0 Å². The molecule has 1 aliphatic rings. The van der Waals surface area contributed by atoms with Crippen LogP contribution in [-0.4, -0.2) is 28.7 Å². The van der Waals surface area contributed by atoms with Crippen molar-refractivity contribution >= 4 is 17.1 Å². The van der Waals surface area contributed by atoms with Gasteiger partial charge in [-0.05, 0) is 25.5 Å². The number of hydrogen-bond donors (Lipinski definition) is 2. The molecule has 1 unspecified atom stereocenters. The van der Waals surface area contributed by atoms with Crippen LogP contribution in [0.5, 0.6) is 0 Å². The van der Waals surface area contributed by atoms with Crippen molar-refractivity contribution in [1.82, 2.24) is 0 Å². The summed E-state index contributed by atoms with van der Waals surface area (Å²) in [6, 6.07) is 4.86. The van der Waals surface area contributed by atoms with E-state index in [9.17, 15) is 15.2 Å². The van der Waals surface area contributed by atoms with Crippen LogP contribution in [0.4, 0.5) is 17.1 Å². The third-order valence-corrected chi connectivity index (χ3v) is 3.02. The molecule has 0 aliphatic carbocycles. The van der Waals surface area contributed by atoms with Gasteiger partial charge in [0.25, 0.3) is 0 Å². The maximum Gasteiger partial charge on any atom is 0.315 e. The van der Waals surface area contributed by atoms with Crippen molar-refractivity contribution in [2.24, 2.45) is 0 Å². The molecule has 6 nitrogen and oxygen atoms in total. The molecule has 3 N–H and O–H groups in total. The number of nitrogens with zero attached hydrogens (tertiary/aromatic N) is 2. The van der Waals surface area contributed by atoms with E-state index in [2.05, 4.69) is 0 Å². The summed E-state index contributed by atoms with van der Waals surface area (Å²) >= 11 is 0. The van der Waals surface area contributed by atoms with Crippen LogP contribution in [0, 0.1) is 10.1 Å². The molecule has 1 aromatic carbocycles. The third kappa shape index (κ3) is 2.16. The first kappa shape index (κ1) is 11.7. The molecule has 0 amide bonds. The van der Waals surface area contributed by atoms with Gasteiger partial charge in [0.2, 0.25) is 0 Å². The monoisotopic (exact) mass is 237 g/mol. The van der Waals surface area contributed by atoms with E-state index in [4.69, 9.17) is 5.73 Å². The molecule has 0 aromatic heterocycles. The Morgan fingerprint density at radius 2 is 2.29 bits per heavy atom. The van der Waals surface area contributed by atoms with Gasteiger partial charge in [-0.15, -0.1) is 0 Å². The van der Waals surface area contributed by atoms with Crippen molar-refractivity contribution in [3.05, 3.63) is 28.3 Å². The van der Waals surface area contributed by atoms with Crippen LogP contribution < -0.4 is 10.6 Å². The number of para-hydroxylation sites is 1. The lowest BCUT2D eigenvalue weighted by Gasteiger charge is -2.20. The zero-order valence-electron chi connectivity index (χ0n) is 9.59. The molecule has 1 saturated heterocycles. The highest BCUT2D eigenvalue weighted by molar-refractivity contribution is 5.75. The number of aliphatic hydroxyl groups is 1. The fourth-order valence-corrected chi connectivity index (χ4v) is 2.15. The summed E-state index contributed by atoms with van der Waals surface area (Å²) in [7, 11) is 0. The van der Waals surface area contributed by atoms with Gasteiger partial charge >= 0.3 is 5.69 Å². The third-order valence-electron chi connectivity index (χ3n) is 3.02. The van der Waals surface area contributed by atoms with Gasteiger partial charge in [-0.2, -0.15) is 0 Å². The molecule has 0 radical (unpaired) electrons. The van der Waals surface area contributed by atoms with E-state index >= 15 is 0 Å². The van der Waals surface area contributed by atoms with Gasteiger partial charge in [0.05, 0.1) is 10.5 Å². The smallest absolute Gasteiger partial charge is 0.315 e. The average molecular weight is 237 g/mol. The summed E-state index contributed by atoms with van der Waals surface area (Å²) in [6.07, 6.45) is 0.596. The maximum atomic E-state index is 11.0. The summed E-state index contributed by atoms with van der Waals surface area (Å²) in [4.78, 5) is 12.3. The van der Waals surface area contributed by atoms with Crippen molar-refractivity contribution in [1.29, 1.82) is 0 Å². The van der Waals surface area contributed by atoms with Crippen LogP contribution in [-0.2, 0) is 0 Å². The molecule has 1 heterocycles. The van der Waals surface area contributed by atoms with E-state index in [-0.39, 0.29) is 11.4 Å². The number of nitro benzene ring substituents is 1. The molecule has 0 bridgehead atoms. The lowest BCUT2D eigenvalue weighted by Crippen LogP contribution is -2.29. The molecule has 6 heteroatoms. The predicted molar refractivity (Wildman–Crippen MR) is 65.0 cm³/mol. The first-order valence-corrected chi connectivity index (χ1v) is 5.41. The number of hydrogen-bond acceptors (Lipinski definition) is 5. The normalized spacial score (nSPS) is 24.0. The molecule has 1 fully saturated rings. The standard InChI is InChI=1S/C11H15N3O3/c1-11(15)5-6-13(7-11)9-4-2-3-8(12)10(9)14(16)17/h2-4,15H,5-7,12H2,1H3. The van der Waals surface area contributed by atoms with Crippen LogP contribution >= 0.6 is 0 Å². The Balaban J connectivity index is 2.40. The number of β-amino-alcohol motifs (C(OH)–C–C–N with tert-alkyl or cyclic N) is 1. The molecule has 0 saturated carbocycles. The number of nitrogen functional groups attached to an aromatic ring is 1. The van der Waals surface area contributed by atoms with Crippen molar-refractivity contribution in [2.45, 2.75) is 18.9 Å². The van der Waals surface area contributed by atoms with Gasteiger partial charge < -0.3 is 15.7 Å². The number of benzene rings is 1. The molecule has 2 rings (SSSR count). The Labute approximate surface area is 98.8 Å². The fraction of sp³-hybridized carbons (Fsp3) is 0.455. The molecular weight excluding hydrogens is 222 g/mol. The Morgan fingerprint density at radius 1 is 1.59 bits per heavy atom. The highest BCUT2D eigenvalue weighted by Gasteiger charge is 2.34. The van der Waals surface area contributed by atoms with Gasteiger partial charge in [-0.1, -0.05) is 6.07 Å². The van der Waals surface area contributed by atoms with Gasteiger partial charge in [0, 0.05) is 13.1 Å². The van der Waals surface area contributed by atoms with Crippen molar-refractivity contribution in [3.8, 4) is 0 Å². The highest BCUT2D eigenvalue weighted by atomic mass is 16.6. The van der Waals surface area contributed by atoms with Crippen LogP contribution in [0.3, 0.4) is 0 Å². The summed E-state index contributed by atoms with van der Waals surface area (Å²) < 4.78 is 0. The van der Waals surface area contributed by atoms with Gasteiger partial charge in [-0.3, -0.25) is 10.1 Å². The number of anilines is 2. The van der Waals surface area contributed by atoms with E-state index in [1.165, 1.54) is 6.07 Å². The second kappa shape index (κ2) is 3.89. The maximum absolute atomic E-state index is 11.0. The van der Waals surface area contributed by atoms with Crippen molar-refractivity contribution in [2.75, 3.05) is 23.7 Å². The van der Waals surface area contributed by atoms with Crippen molar-refractivity contribution < 1.29 is 10.0 Å². The second-order valence-electron chi connectivity index (χ2n) is 4.64. The Bertz CT molecular complexity index is 459. The summed E-state index contributed by atoms with van der Waals surface area (Å²) in [6.45, 7) is 2.71. The Hall–Kier alpha value is -1.82. The van der Waals surface area contributed by atoms with Gasteiger partial charge in [-0.25, -0.2) is 0 Å². The van der Waals surface area contributed by atoms with E-state index in [0.717, 1.165) is 0 Å². The molecule has 1 aromatic rings. The lowest BCUT2D eigenvalue weighted by molar-refractivity contribution is -0.383. The minimum Gasteiger partial charge on any atom is -0.393 e. The molecule has 1 atom stereocenters. The van der Waals surface area contributed by atoms with Crippen LogP contribution in [0.1, 0.15) is 13.3 Å². The number of nitro groups is 1. The molecular formula is C11H15N3O3. The second-order valence-corrected chi connectivity index (χ2v) is 4.64. The number of nitrogens with two attached hydrogens (primary N) is 1. The van der Waals surface area contributed by atoms with Crippen LogP contribution in [0.2, 0.25) is 0 Å². The molecule has 0 spiro atoms. The summed E-state index contributed by atoms with van der Waals surface area (Å²) in [5.74, 6) is 0. The molecule has 1 aliphatic heterocycles. The molecule has 92 valence electrons. The minimum atomic E-state index is -0.793. The Kier molecular flexibility index (Phi) is 2.66. The first-order chi connectivity index (χ1) is 7.91. The summed E-state index contributed by atoms with van der Waals surface area (Å²) in [5.41, 5.74) is 5.39. The zero-order valence-corrected chi connectivity index (χ0v) is 9.59.